The molecule has 0 aromatic heterocycles. The molecular formula is C15H14N2O. The molecule has 3 heteroatoms. The first-order chi connectivity index (χ1) is 8.79. The van der Waals surface area contributed by atoms with E-state index >= 15 is 0 Å². The monoisotopic (exact) mass is 238 g/mol. The average molecular weight is 238 g/mol. The van der Waals surface area contributed by atoms with Crippen LogP contribution in [0.1, 0.15) is 11.1 Å². The second-order valence-electron chi connectivity index (χ2n) is 3.95. The van der Waals surface area contributed by atoms with Crippen molar-refractivity contribution in [2.24, 2.45) is 0 Å². The third-order valence-corrected chi connectivity index (χ3v) is 2.64. The highest BCUT2D eigenvalue weighted by molar-refractivity contribution is 5.42. The summed E-state index contributed by atoms with van der Waals surface area (Å²) in [5.74, 6) is 0.635. The van der Waals surface area contributed by atoms with Crippen LogP contribution in [-0.4, -0.2) is 6.61 Å². The van der Waals surface area contributed by atoms with Crippen molar-refractivity contribution in [3.63, 3.8) is 0 Å². The maximum Gasteiger partial charge on any atom is 0.137 e. The molecule has 0 aliphatic heterocycles. The molecule has 0 radical (unpaired) electrons. The first kappa shape index (κ1) is 12.0. The largest absolute Gasteiger partial charge is 0.492 e. The molecule has 0 saturated heterocycles. The Morgan fingerprint density at radius 1 is 1.06 bits per heavy atom. The summed E-state index contributed by atoms with van der Waals surface area (Å²) in [5, 5.41) is 8.92. The van der Waals surface area contributed by atoms with E-state index in [0.29, 0.717) is 17.9 Å². The van der Waals surface area contributed by atoms with Crippen LogP contribution >= 0.6 is 0 Å². The fraction of sp³-hybridized carbons (Fsp3) is 0.133. The van der Waals surface area contributed by atoms with Crippen molar-refractivity contribution in [3.8, 4) is 11.8 Å². The summed E-state index contributed by atoms with van der Waals surface area (Å²) in [5.41, 5.74) is 8.11. The maximum atomic E-state index is 8.92. The van der Waals surface area contributed by atoms with Crippen LogP contribution in [0.5, 0.6) is 5.75 Å². The standard InChI is InChI=1S/C15H14N2O/c16-11-13-3-1-2-4-15(13)18-10-9-12-5-7-14(17)8-6-12/h1-8H,9-10,17H2. The van der Waals surface area contributed by atoms with Crippen LogP contribution in [0, 0.1) is 11.3 Å². The van der Waals surface area contributed by atoms with Gasteiger partial charge in [-0.15, -0.1) is 0 Å². The van der Waals surface area contributed by atoms with Crippen LogP contribution in [0.2, 0.25) is 0 Å². The number of ether oxygens (including phenoxy) is 1. The SMILES string of the molecule is N#Cc1ccccc1OCCc1ccc(N)cc1. The van der Waals surface area contributed by atoms with E-state index in [9.17, 15) is 0 Å². The molecule has 18 heavy (non-hydrogen) atoms. The number of anilines is 1. The third kappa shape index (κ3) is 3.02. The Labute approximate surface area is 106 Å². The van der Waals surface area contributed by atoms with Gasteiger partial charge in [0.15, 0.2) is 0 Å². The quantitative estimate of drug-likeness (QED) is 0.833. The molecule has 0 amide bonds. The summed E-state index contributed by atoms with van der Waals surface area (Å²) in [7, 11) is 0. The van der Waals surface area contributed by atoms with E-state index in [0.717, 1.165) is 12.1 Å². The maximum absolute atomic E-state index is 8.92. The number of hydrogen-bond donors (Lipinski definition) is 1. The molecule has 2 N–H and O–H groups in total. The molecule has 0 heterocycles. The van der Waals surface area contributed by atoms with E-state index in [4.69, 9.17) is 15.7 Å². The van der Waals surface area contributed by atoms with Gasteiger partial charge in [-0.1, -0.05) is 24.3 Å². The van der Waals surface area contributed by atoms with Crippen molar-refractivity contribution in [2.75, 3.05) is 12.3 Å². The topological polar surface area (TPSA) is 59.0 Å². The minimum absolute atomic E-state index is 0.544. The predicted octanol–water partition coefficient (Wildman–Crippen LogP) is 2.76. The molecule has 0 atom stereocenters. The van der Waals surface area contributed by atoms with Gasteiger partial charge in [0.2, 0.25) is 0 Å². The Balaban J connectivity index is 1.93. The van der Waals surface area contributed by atoms with Gasteiger partial charge in [-0.25, -0.2) is 0 Å². The average Bonchev–Trinajstić information content (AvgIpc) is 2.41. The van der Waals surface area contributed by atoms with Gasteiger partial charge in [-0.05, 0) is 29.8 Å². The molecule has 0 bridgehead atoms. The number of nitrogen functional groups attached to an aromatic ring is 1. The van der Waals surface area contributed by atoms with Gasteiger partial charge in [-0.2, -0.15) is 5.26 Å². The zero-order valence-corrected chi connectivity index (χ0v) is 9.97. The van der Waals surface area contributed by atoms with Gasteiger partial charge in [0.05, 0.1) is 12.2 Å². The molecule has 0 unspecified atom stereocenters. The number of nitrogens with two attached hydrogens (primary N) is 1. The third-order valence-electron chi connectivity index (χ3n) is 2.64. The molecule has 0 aliphatic carbocycles. The number of para-hydroxylation sites is 1. The lowest BCUT2D eigenvalue weighted by Crippen LogP contribution is -2.02. The van der Waals surface area contributed by atoms with E-state index in [1.165, 1.54) is 5.56 Å². The van der Waals surface area contributed by atoms with Crippen molar-refractivity contribution in [1.29, 1.82) is 5.26 Å². The number of hydrogen-bond acceptors (Lipinski definition) is 3. The Kier molecular flexibility index (Phi) is 3.83. The van der Waals surface area contributed by atoms with E-state index in [-0.39, 0.29) is 0 Å². The fourth-order valence-corrected chi connectivity index (χ4v) is 1.65. The van der Waals surface area contributed by atoms with Crippen molar-refractivity contribution >= 4 is 5.69 Å². The highest BCUT2D eigenvalue weighted by Gasteiger charge is 2.01. The molecule has 0 fully saturated rings. The Morgan fingerprint density at radius 3 is 2.50 bits per heavy atom. The molecule has 90 valence electrons. The lowest BCUT2D eigenvalue weighted by molar-refractivity contribution is 0.321. The number of nitrogens with zero attached hydrogens (tertiary/aromatic N) is 1. The summed E-state index contributed by atoms with van der Waals surface area (Å²) in [4.78, 5) is 0. The molecule has 0 saturated carbocycles. The zero-order valence-electron chi connectivity index (χ0n) is 9.97. The second kappa shape index (κ2) is 5.74. The predicted molar refractivity (Wildman–Crippen MR) is 71.2 cm³/mol. The minimum Gasteiger partial charge on any atom is -0.492 e. The van der Waals surface area contributed by atoms with E-state index in [1.54, 1.807) is 6.07 Å². The van der Waals surface area contributed by atoms with Gasteiger partial charge in [-0.3, -0.25) is 0 Å². The summed E-state index contributed by atoms with van der Waals surface area (Å²) < 4.78 is 5.61. The van der Waals surface area contributed by atoms with Crippen LogP contribution in [-0.2, 0) is 6.42 Å². The van der Waals surface area contributed by atoms with Crippen LogP contribution in [0.15, 0.2) is 48.5 Å². The molecule has 2 aromatic rings. The van der Waals surface area contributed by atoms with Crippen molar-refractivity contribution in [2.45, 2.75) is 6.42 Å². The van der Waals surface area contributed by atoms with Crippen LogP contribution < -0.4 is 10.5 Å². The highest BCUT2D eigenvalue weighted by atomic mass is 16.5. The lowest BCUT2D eigenvalue weighted by atomic mass is 10.1. The van der Waals surface area contributed by atoms with Crippen molar-refractivity contribution < 1.29 is 4.74 Å². The number of nitriles is 1. The molecule has 0 aliphatic rings. The van der Waals surface area contributed by atoms with Crippen LogP contribution in [0.4, 0.5) is 5.69 Å². The smallest absolute Gasteiger partial charge is 0.137 e. The summed E-state index contributed by atoms with van der Waals surface area (Å²) >= 11 is 0. The van der Waals surface area contributed by atoms with Gasteiger partial charge >= 0.3 is 0 Å². The molecule has 3 nitrogen and oxygen atoms in total. The molecule has 2 rings (SSSR count). The molecule has 0 spiro atoms. The highest BCUT2D eigenvalue weighted by Crippen LogP contribution is 2.17. The van der Waals surface area contributed by atoms with E-state index in [2.05, 4.69) is 6.07 Å². The van der Waals surface area contributed by atoms with E-state index in [1.807, 2.05) is 42.5 Å². The summed E-state index contributed by atoms with van der Waals surface area (Å²) in [6.45, 7) is 0.544. The minimum atomic E-state index is 0.544. The van der Waals surface area contributed by atoms with Gasteiger partial charge in [0.1, 0.15) is 11.8 Å². The summed E-state index contributed by atoms with van der Waals surface area (Å²) in [6.07, 6.45) is 0.792. The molecular weight excluding hydrogens is 224 g/mol. The molecule has 2 aromatic carbocycles. The second-order valence-corrected chi connectivity index (χ2v) is 3.95. The van der Waals surface area contributed by atoms with Crippen molar-refractivity contribution in [3.05, 3.63) is 59.7 Å². The zero-order chi connectivity index (χ0) is 12.8. The number of rotatable bonds is 4. The van der Waals surface area contributed by atoms with Crippen LogP contribution in [0.3, 0.4) is 0 Å². The first-order valence-corrected chi connectivity index (χ1v) is 5.76. The summed E-state index contributed by atoms with van der Waals surface area (Å²) in [6, 6.07) is 17.1. The van der Waals surface area contributed by atoms with Crippen LogP contribution in [0.25, 0.3) is 0 Å². The fourth-order valence-electron chi connectivity index (χ4n) is 1.65. The lowest BCUT2D eigenvalue weighted by Gasteiger charge is -2.07. The normalized spacial score (nSPS) is 9.72. The van der Waals surface area contributed by atoms with E-state index < -0.39 is 0 Å². The Hall–Kier alpha value is -2.47. The van der Waals surface area contributed by atoms with Gasteiger partial charge < -0.3 is 10.5 Å². The first-order valence-electron chi connectivity index (χ1n) is 5.76. The Morgan fingerprint density at radius 2 is 1.78 bits per heavy atom. The Bertz CT molecular complexity index is 555. The van der Waals surface area contributed by atoms with Gasteiger partial charge in [0.25, 0.3) is 0 Å². The number of benzene rings is 2. The van der Waals surface area contributed by atoms with Gasteiger partial charge in [0, 0.05) is 12.1 Å². The van der Waals surface area contributed by atoms with Crippen molar-refractivity contribution in [1.82, 2.24) is 0 Å².